The van der Waals surface area contributed by atoms with Crippen LogP contribution in [0.5, 0.6) is 0 Å². The quantitative estimate of drug-likeness (QED) is 0.508. The van der Waals surface area contributed by atoms with Crippen LogP contribution in [0.15, 0.2) is 24.8 Å². The fraction of sp³-hybridized carbons (Fsp3) is 0.0909. The molecule has 0 bridgehead atoms. The molecule has 0 fully saturated rings. The highest BCUT2D eigenvalue weighted by Crippen LogP contribution is 2.23. The molecule has 3 heterocycles. The van der Waals surface area contributed by atoms with Gasteiger partial charge in [0, 0.05) is 6.20 Å². The Morgan fingerprint density at radius 1 is 1.17 bits per heavy atom. The van der Waals surface area contributed by atoms with E-state index in [2.05, 4.69) is 19.9 Å². The van der Waals surface area contributed by atoms with E-state index in [9.17, 15) is 0 Å². The molecule has 0 radical (unpaired) electrons. The second-order valence-corrected chi connectivity index (χ2v) is 4.49. The molecular weight excluding hydrogens is 273 g/mol. The van der Waals surface area contributed by atoms with E-state index >= 15 is 0 Å². The molecule has 0 amide bonds. The standard InChI is InChI=1S/C11H7Cl2N5/c1-6-2-7(4-14-3-6)18-5-15-8-9(12)16-11(13)17-10(8)18/h2-5H,1H3. The number of nitrogens with zero attached hydrogens (tertiary/aromatic N) is 5. The van der Waals surface area contributed by atoms with Crippen molar-refractivity contribution >= 4 is 34.4 Å². The number of aromatic nitrogens is 5. The Kier molecular flexibility index (Phi) is 2.65. The zero-order valence-electron chi connectivity index (χ0n) is 9.30. The smallest absolute Gasteiger partial charge is 0.225 e. The topological polar surface area (TPSA) is 56.5 Å². The molecule has 0 saturated carbocycles. The highest BCUT2D eigenvalue weighted by Gasteiger charge is 2.12. The summed E-state index contributed by atoms with van der Waals surface area (Å²) < 4.78 is 1.77. The summed E-state index contributed by atoms with van der Waals surface area (Å²) in [6.07, 6.45) is 5.12. The summed E-state index contributed by atoms with van der Waals surface area (Å²) in [5, 5.41) is 0.333. The molecule has 7 heteroatoms. The maximum atomic E-state index is 5.97. The number of hydrogen-bond donors (Lipinski definition) is 0. The average Bonchev–Trinajstić information content (AvgIpc) is 2.72. The summed E-state index contributed by atoms with van der Waals surface area (Å²) in [6, 6.07) is 1.97. The third-order valence-corrected chi connectivity index (χ3v) is 2.90. The van der Waals surface area contributed by atoms with E-state index < -0.39 is 0 Å². The van der Waals surface area contributed by atoms with Crippen molar-refractivity contribution in [1.29, 1.82) is 0 Å². The molecule has 18 heavy (non-hydrogen) atoms. The number of halogens is 2. The van der Waals surface area contributed by atoms with Crippen LogP contribution in [-0.2, 0) is 0 Å². The lowest BCUT2D eigenvalue weighted by atomic mass is 10.3. The van der Waals surface area contributed by atoms with Gasteiger partial charge in [-0.2, -0.15) is 4.98 Å². The minimum absolute atomic E-state index is 0.0925. The monoisotopic (exact) mass is 279 g/mol. The lowest BCUT2D eigenvalue weighted by Crippen LogP contribution is -1.96. The van der Waals surface area contributed by atoms with Gasteiger partial charge in [-0.05, 0) is 30.2 Å². The summed E-state index contributed by atoms with van der Waals surface area (Å²) in [6.45, 7) is 1.96. The summed E-state index contributed by atoms with van der Waals surface area (Å²) >= 11 is 11.8. The van der Waals surface area contributed by atoms with Gasteiger partial charge in [-0.3, -0.25) is 9.55 Å². The largest absolute Gasteiger partial charge is 0.282 e. The number of pyridine rings is 1. The van der Waals surface area contributed by atoms with E-state index in [1.165, 1.54) is 0 Å². The van der Waals surface area contributed by atoms with Crippen LogP contribution in [0.1, 0.15) is 5.56 Å². The van der Waals surface area contributed by atoms with Crippen molar-refractivity contribution in [3.05, 3.63) is 40.8 Å². The van der Waals surface area contributed by atoms with E-state index in [1.54, 1.807) is 23.3 Å². The third-order valence-electron chi connectivity index (χ3n) is 2.46. The van der Waals surface area contributed by atoms with Gasteiger partial charge in [0.1, 0.15) is 11.8 Å². The summed E-state index contributed by atoms with van der Waals surface area (Å²) in [7, 11) is 0. The number of aryl methyl sites for hydroxylation is 1. The molecule has 3 aromatic rings. The number of hydrogen-bond acceptors (Lipinski definition) is 4. The van der Waals surface area contributed by atoms with Crippen molar-refractivity contribution in [2.75, 3.05) is 0 Å². The molecular formula is C11H7Cl2N5. The van der Waals surface area contributed by atoms with Gasteiger partial charge >= 0.3 is 0 Å². The minimum Gasteiger partial charge on any atom is -0.282 e. The molecule has 0 saturated heterocycles. The molecule has 3 rings (SSSR count). The second kappa shape index (κ2) is 4.19. The Balaban J connectivity index is 2.30. The van der Waals surface area contributed by atoms with E-state index in [4.69, 9.17) is 23.2 Å². The molecule has 0 aromatic carbocycles. The summed E-state index contributed by atoms with van der Waals surface area (Å²) in [4.78, 5) is 16.3. The number of fused-ring (bicyclic) bond motifs is 1. The first kappa shape index (κ1) is 11.4. The van der Waals surface area contributed by atoms with Crippen LogP contribution in [-0.4, -0.2) is 24.5 Å². The van der Waals surface area contributed by atoms with Crippen LogP contribution in [0.2, 0.25) is 10.4 Å². The molecule has 0 aliphatic rings. The van der Waals surface area contributed by atoms with E-state index in [-0.39, 0.29) is 10.4 Å². The Labute approximate surface area is 112 Å². The van der Waals surface area contributed by atoms with Gasteiger partial charge in [-0.25, -0.2) is 9.97 Å². The van der Waals surface area contributed by atoms with Crippen molar-refractivity contribution in [1.82, 2.24) is 24.5 Å². The van der Waals surface area contributed by atoms with E-state index in [0.717, 1.165) is 11.3 Å². The van der Waals surface area contributed by atoms with Crippen molar-refractivity contribution in [3.63, 3.8) is 0 Å². The summed E-state index contributed by atoms with van der Waals surface area (Å²) in [5.41, 5.74) is 2.97. The number of imidazole rings is 1. The Bertz CT molecular complexity index is 737. The first-order valence-corrected chi connectivity index (χ1v) is 5.89. The minimum atomic E-state index is 0.0925. The first-order chi connectivity index (χ1) is 8.65. The second-order valence-electron chi connectivity index (χ2n) is 3.79. The fourth-order valence-electron chi connectivity index (χ4n) is 1.70. The van der Waals surface area contributed by atoms with Crippen LogP contribution < -0.4 is 0 Å². The first-order valence-electron chi connectivity index (χ1n) is 5.13. The van der Waals surface area contributed by atoms with Crippen molar-refractivity contribution < 1.29 is 0 Å². The molecule has 90 valence electrons. The third kappa shape index (κ3) is 1.81. The normalized spacial score (nSPS) is 11.1. The lowest BCUT2D eigenvalue weighted by Gasteiger charge is -2.04. The predicted molar refractivity (Wildman–Crippen MR) is 69.2 cm³/mol. The molecule has 0 atom stereocenters. The van der Waals surface area contributed by atoms with Gasteiger partial charge in [0.25, 0.3) is 0 Å². The molecule has 0 N–H and O–H groups in total. The van der Waals surface area contributed by atoms with Gasteiger partial charge < -0.3 is 0 Å². The van der Waals surface area contributed by atoms with E-state index in [1.807, 2.05) is 13.0 Å². The van der Waals surface area contributed by atoms with Crippen LogP contribution in [0, 0.1) is 6.92 Å². The Hall–Kier alpha value is -1.72. The van der Waals surface area contributed by atoms with Crippen molar-refractivity contribution in [3.8, 4) is 5.69 Å². The number of rotatable bonds is 1. The van der Waals surface area contributed by atoms with Gasteiger partial charge in [-0.15, -0.1) is 0 Å². The van der Waals surface area contributed by atoms with Crippen LogP contribution in [0.25, 0.3) is 16.9 Å². The average molecular weight is 280 g/mol. The Morgan fingerprint density at radius 3 is 2.78 bits per heavy atom. The van der Waals surface area contributed by atoms with Gasteiger partial charge in [0.05, 0.1) is 11.9 Å². The molecule has 3 aromatic heterocycles. The van der Waals surface area contributed by atoms with Crippen molar-refractivity contribution in [2.45, 2.75) is 6.92 Å². The van der Waals surface area contributed by atoms with E-state index in [0.29, 0.717) is 11.2 Å². The molecule has 0 unspecified atom stereocenters. The molecule has 0 spiro atoms. The molecule has 5 nitrogen and oxygen atoms in total. The Morgan fingerprint density at radius 2 is 2.00 bits per heavy atom. The highest BCUT2D eigenvalue weighted by molar-refractivity contribution is 6.35. The summed E-state index contributed by atoms with van der Waals surface area (Å²) in [5.74, 6) is 0. The highest BCUT2D eigenvalue weighted by atomic mass is 35.5. The van der Waals surface area contributed by atoms with Crippen molar-refractivity contribution in [2.24, 2.45) is 0 Å². The van der Waals surface area contributed by atoms with Crippen LogP contribution in [0.3, 0.4) is 0 Å². The van der Waals surface area contributed by atoms with Crippen LogP contribution >= 0.6 is 23.2 Å². The molecule has 0 aliphatic heterocycles. The van der Waals surface area contributed by atoms with Gasteiger partial charge in [0.2, 0.25) is 5.28 Å². The zero-order chi connectivity index (χ0) is 12.7. The molecule has 0 aliphatic carbocycles. The SMILES string of the molecule is Cc1cncc(-n2cnc3c(Cl)nc(Cl)nc32)c1. The maximum absolute atomic E-state index is 5.97. The van der Waals surface area contributed by atoms with Gasteiger partial charge in [0.15, 0.2) is 10.8 Å². The lowest BCUT2D eigenvalue weighted by molar-refractivity contribution is 1.04. The zero-order valence-corrected chi connectivity index (χ0v) is 10.8. The maximum Gasteiger partial charge on any atom is 0.225 e. The van der Waals surface area contributed by atoms with Crippen LogP contribution in [0.4, 0.5) is 0 Å². The predicted octanol–water partition coefficient (Wildman–Crippen LogP) is 2.83. The fourth-order valence-corrected chi connectivity index (χ4v) is 2.12. The van der Waals surface area contributed by atoms with Gasteiger partial charge in [-0.1, -0.05) is 11.6 Å².